The minimum absolute atomic E-state index is 0.402. The van der Waals surface area contributed by atoms with Gasteiger partial charge >= 0.3 is 0 Å². The quantitative estimate of drug-likeness (QED) is 0.823. The van der Waals surface area contributed by atoms with Crippen LogP contribution in [-0.4, -0.2) is 14.7 Å². The van der Waals surface area contributed by atoms with Gasteiger partial charge in [0.05, 0.1) is 4.91 Å². The molecule has 0 spiro atoms. The summed E-state index contributed by atoms with van der Waals surface area (Å²) in [5.41, 5.74) is 2.02. The number of sulfone groups is 1. The lowest BCUT2D eigenvalue weighted by molar-refractivity contribution is 0.608. The van der Waals surface area contributed by atoms with Gasteiger partial charge in [0.25, 0.3) is 0 Å². The van der Waals surface area contributed by atoms with Crippen LogP contribution in [-0.2, 0) is 9.84 Å². The third-order valence-electron chi connectivity index (χ3n) is 2.70. The molecule has 0 radical (unpaired) electrons. The van der Waals surface area contributed by atoms with E-state index in [4.69, 9.17) is 11.6 Å². The largest absolute Gasteiger partial charge is 0.224 e. The normalized spacial score (nSPS) is 16.4. The van der Waals surface area contributed by atoms with Crippen LogP contribution in [0.1, 0.15) is 18.4 Å². The number of benzene rings is 1. The van der Waals surface area contributed by atoms with Crippen molar-refractivity contribution in [2.24, 2.45) is 0 Å². The van der Waals surface area contributed by atoms with Crippen LogP contribution in [0, 0.1) is 0 Å². The van der Waals surface area contributed by atoms with Crippen LogP contribution in [0.15, 0.2) is 41.3 Å². The number of hydrogen-bond acceptors (Lipinski definition) is 2. The number of halogens is 1. The Morgan fingerprint density at radius 2 is 2.06 bits per heavy atom. The van der Waals surface area contributed by atoms with Crippen molar-refractivity contribution in [2.75, 3.05) is 6.26 Å². The van der Waals surface area contributed by atoms with E-state index < -0.39 is 9.84 Å². The summed E-state index contributed by atoms with van der Waals surface area (Å²) in [5.74, 6) is 0. The maximum Gasteiger partial charge on any atom is 0.175 e. The first-order valence-corrected chi connectivity index (χ1v) is 7.60. The second-order valence-corrected chi connectivity index (χ2v) is 6.55. The fraction of sp³-hybridized carbons (Fsp3) is 0.231. The van der Waals surface area contributed by atoms with Gasteiger partial charge in [-0.3, -0.25) is 0 Å². The molecule has 0 aromatic heterocycles. The molecule has 2 nitrogen and oxygen atoms in total. The second kappa shape index (κ2) is 4.67. The summed E-state index contributed by atoms with van der Waals surface area (Å²) >= 11 is 5.93. The van der Waals surface area contributed by atoms with Crippen LogP contribution < -0.4 is 0 Å². The van der Waals surface area contributed by atoms with Crippen LogP contribution in [0.4, 0.5) is 0 Å². The van der Waals surface area contributed by atoms with E-state index in [1.54, 1.807) is 12.2 Å². The first-order valence-electron chi connectivity index (χ1n) is 5.33. The Labute approximate surface area is 107 Å². The van der Waals surface area contributed by atoms with E-state index in [1.165, 1.54) is 6.26 Å². The molecule has 0 fully saturated rings. The Kier molecular flexibility index (Phi) is 3.40. The van der Waals surface area contributed by atoms with Gasteiger partial charge in [-0.2, -0.15) is 0 Å². The van der Waals surface area contributed by atoms with Gasteiger partial charge in [0, 0.05) is 11.3 Å². The minimum Gasteiger partial charge on any atom is -0.224 e. The van der Waals surface area contributed by atoms with Crippen LogP contribution in [0.2, 0.25) is 5.02 Å². The molecule has 90 valence electrons. The van der Waals surface area contributed by atoms with Gasteiger partial charge in [0.15, 0.2) is 9.84 Å². The highest BCUT2D eigenvalue weighted by Gasteiger charge is 2.14. The summed E-state index contributed by atoms with van der Waals surface area (Å²) in [6.45, 7) is 0. The molecule has 17 heavy (non-hydrogen) atoms. The number of rotatable bonds is 2. The molecular weight excluding hydrogens is 256 g/mol. The lowest BCUT2D eigenvalue weighted by Crippen LogP contribution is -2.02. The van der Waals surface area contributed by atoms with E-state index in [2.05, 4.69) is 0 Å². The number of hydrogen-bond donors (Lipinski definition) is 0. The van der Waals surface area contributed by atoms with E-state index in [0.29, 0.717) is 9.93 Å². The Morgan fingerprint density at radius 3 is 2.71 bits per heavy atom. The van der Waals surface area contributed by atoms with Gasteiger partial charge in [0.2, 0.25) is 0 Å². The highest BCUT2D eigenvalue weighted by Crippen LogP contribution is 2.29. The zero-order valence-corrected chi connectivity index (χ0v) is 11.1. The summed E-state index contributed by atoms with van der Waals surface area (Å²) in [4.78, 5) is 0.402. The molecule has 2 rings (SSSR count). The van der Waals surface area contributed by atoms with Crippen LogP contribution in [0.5, 0.6) is 0 Å². The highest BCUT2D eigenvalue weighted by atomic mass is 35.5. The Balaban J connectivity index is 2.41. The van der Waals surface area contributed by atoms with E-state index in [1.807, 2.05) is 24.3 Å². The van der Waals surface area contributed by atoms with Crippen molar-refractivity contribution in [1.29, 1.82) is 0 Å². The van der Waals surface area contributed by atoms with Crippen LogP contribution in [0.3, 0.4) is 0 Å². The Morgan fingerprint density at radius 1 is 1.29 bits per heavy atom. The fourth-order valence-corrected chi connectivity index (χ4v) is 2.81. The van der Waals surface area contributed by atoms with E-state index in [0.717, 1.165) is 24.0 Å². The van der Waals surface area contributed by atoms with Crippen molar-refractivity contribution in [3.8, 4) is 0 Å². The average Bonchev–Trinajstić information content (AvgIpc) is 2.28. The lowest BCUT2D eigenvalue weighted by Gasteiger charge is -2.13. The van der Waals surface area contributed by atoms with Gasteiger partial charge in [-0.05, 0) is 42.2 Å². The summed E-state index contributed by atoms with van der Waals surface area (Å²) in [6, 6.07) is 7.49. The molecule has 0 saturated heterocycles. The maximum absolute atomic E-state index is 11.5. The molecule has 0 atom stereocenters. The third-order valence-corrected chi connectivity index (χ3v) is 4.08. The molecule has 0 N–H and O–H groups in total. The molecule has 0 amide bonds. The smallest absolute Gasteiger partial charge is 0.175 e. The molecule has 1 aliphatic carbocycles. The van der Waals surface area contributed by atoms with E-state index in [9.17, 15) is 8.42 Å². The van der Waals surface area contributed by atoms with Gasteiger partial charge < -0.3 is 0 Å². The van der Waals surface area contributed by atoms with E-state index >= 15 is 0 Å². The first kappa shape index (κ1) is 12.4. The molecule has 0 bridgehead atoms. The number of allylic oxidation sites excluding steroid dienone is 3. The molecule has 0 aliphatic heterocycles. The predicted molar refractivity (Wildman–Crippen MR) is 71.6 cm³/mol. The van der Waals surface area contributed by atoms with Crippen molar-refractivity contribution in [3.63, 3.8) is 0 Å². The monoisotopic (exact) mass is 268 g/mol. The third kappa shape index (κ3) is 2.99. The van der Waals surface area contributed by atoms with Crippen molar-refractivity contribution < 1.29 is 8.42 Å². The Hall–Kier alpha value is -1.06. The van der Waals surface area contributed by atoms with Crippen molar-refractivity contribution in [2.45, 2.75) is 12.8 Å². The topological polar surface area (TPSA) is 34.1 Å². The zero-order chi connectivity index (χ0) is 12.5. The molecular formula is C13H13ClO2S. The average molecular weight is 269 g/mol. The Bertz CT molecular complexity index is 598. The second-order valence-electron chi connectivity index (χ2n) is 4.10. The molecule has 0 saturated carbocycles. The fourth-order valence-electron chi connectivity index (χ4n) is 1.85. The first-order chi connectivity index (χ1) is 7.97. The maximum atomic E-state index is 11.5. The SMILES string of the molecule is CS(=O)(=O)C1=CCCC(c2cccc(Cl)c2)=C1. The summed E-state index contributed by atoms with van der Waals surface area (Å²) < 4.78 is 23.0. The van der Waals surface area contributed by atoms with Crippen molar-refractivity contribution in [3.05, 3.63) is 51.9 Å². The van der Waals surface area contributed by atoms with Crippen LogP contribution in [0.25, 0.3) is 5.57 Å². The predicted octanol–water partition coefficient (Wildman–Crippen LogP) is 3.45. The van der Waals surface area contributed by atoms with Crippen LogP contribution >= 0.6 is 11.6 Å². The molecule has 1 aromatic rings. The van der Waals surface area contributed by atoms with Gasteiger partial charge in [-0.25, -0.2) is 8.42 Å². The molecule has 1 aliphatic rings. The summed E-state index contributed by atoms with van der Waals surface area (Å²) in [6.07, 6.45) is 6.34. The lowest BCUT2D eigenvalue weighted by atomic mass is 9.97. The molecule has 0 unspecified atom stereocenters. The molecule has 0 heterocycles. The standard InChI is InChI=1S/C13H13ClO2S/c1-17(15,16)13-7-3-5-11(9-13)10-4-2-6-12(14)8-10/h2,4,6-9H,3,5H2,1H3. The summed E-state index contributed by atoms with van der Waals surface area (Å²) in [5, 5.41) is 0.666. The van der Waals surface area contributed by atoms with Gasteiger partial charge in [-0.1, -0.05) is 29.8 Å². The van der Waals surface area contributed by atoms with Crippen molar-refractivity contribution >= 4 is 27.0 Å². The highest BCUT2D eigenvalue weighted by molar-refractivity contribution is 7.94. The molecule has 1 aromatic carbocycles. The summed E-state index contributed by atoms with van der Waals surface area (Å²) in [7, 11) is -3.13. The van der Waals surface area contributed by atoms with Crippen molar-refractivity contribution in [1.82, 2.24) is 0 Å². The molecule has 4 heteroatoms. The van der Waals surface area contributed by atoms with Gasteiger partial charge in [-0.15, -0.1) is 0 Å². The van der Waals surface area contributed by atoms with E-state index in [-0.39, 0.29) is 0 Å². The zero-order valence-electron chi connectivity index (χ0n) is 9.48. The minimum atomic E-state index is -3.13. The van der Waals surface area contributed by atoms with Gasteiger partial charge in [0.1, 0.15) is 0 Å².